The number of hydrogen-bond donors (Lipinski definition) is 4. The fourth-order valence-corrected chi connectivity index (χ4v) is 3.86. The summed E-state index contributed by atoms with van der Waals surface area (Å²) in [7, 11) is 1.55. The van der Waals surface area contributed by atoms with E-state index in [-0.39, 0.29) is 12.4 Å². The number of anilines is 1. The third kappa shape index (κ3) is 8.05. The topological polar surface area (TPSA) is 126 Å². The molecule has 1 aromatic heterocycles. The normalized spacial score (nSPS) is 12.5. The van der Waals surface area contributed by atoms with Gasteiger partial charge in [0.25, 0.3) is 5.91 Å². The summed E-state index contributed by atoms with van der Waals surface area (Å²) in [5.41, 5.74) is 2.60. The Hall–Kier alpha value is -4.89. The van der Waals surface area contributed by atoms with Gasteiger partial charge >= 0.3 is 0 Å². The highest BCUT2D eigenvalue weighted by Gasteiger charge is 2.28. The molecule has 0 unspecified atom stereocenters. The van der Waals surface area contributed by atoms with Crippen molar-refractivity contribution in [2.45, 2.75) is 25.2 Å². The summed E-state index contributed by atoms with van der Waals surface area (Å²) in [4.78, 5) is 32.1. The highest BCUT2D eigenvalue weighted by molar-refractivity contribution is 5.95. The summed E-state index contributed by atoms with van der Waals surface area (Å²) >= 11 is 0. The Kier molecular flexibility index (Phi) is 9.47. The number of nitrogens with zero attached hydrogens (tertiary/aromatic N) is 1. The lowest BCUT2D eigenvalue weighted by Crippen LogP contribution is -2.49. The zero-order valence-electron chi connectivity index (χ0n) is 21.4. The van der Waals surface area contributed by atoms with Crippen molar-refractivity contribution in [3.8, 4) is 11.5 Å². The van der Waals surface area contributed by atoms with Crippen LogP contribution in [0.2, 0.25) is 0 Å². The smallest absolute Gasteiger partial charge is 0.257 e. The molecule has 4 aromatic rings. The molecule has 9 heteroatoms. The van der Waals surface area contributed by atoms with E-state index in [9.17, 15) is 14.7 Å². The van der Waals surface area contributed by atoms with Crippen molar-refractivity contribution in [2.75, 3.05) is 12.4 Å². The first kappa shape index (κ1) is 27.2. The van der Waals surface area contributed by atoms with Gasteiger partial charge in [0.2, 0.25) is 11.9 Å². The molecule has 2 atom stereocenters. The minimum Gasteiger partial charge on any atom is -0.493 e. The third-order valence-electron chi connectivity index (χ3n) is 5.87. The van der Waals surface area contributed by atoms with Crippen molar-refractivity contribution in [3.05, 3.63) is 114 Å². The first-order valence-electron chi connectivity index (χ1n) is 12.4. The molecule has 4 rings (SSSR count). The number of carbonyl (C=O) groups excluding carboxylic acids is 2. The average molecular weight is 527 g/mol. The quantitative estimate of drug-likeness (QED) is 0.209. The number of nitrogens with one attached hydrogen (secondary N) is 3. The van der Waals surface area contributed by atoms with Crippen LogP contribution in [-0.2, 0) is 22.6 Å². The van der Waals surface area contributed by atoms with Crippen molar-refractivity contribution in [2.24, 2.45) is 0 Å². The number of methoxy groups -OCH3 is 1. The summed E-state index contributed by atoms with van der Waals surface area (Å²) < 4.78 is 11.4. The zero-order chi connectivity index (χ0) is 27.5. The van der Waals surface area contributed by atoms with E-state index in [1.807, 2.05) is 60.7 Å². The Labute approximate surface area is 226 Å². The Morgan fingerprint density at radius 1 is 1.00 bits per heavy atom. The Morgan fingerprint density at radius 3 is 2.38 bits per heavy atom. The lowest BCUT2D eigenvalue weighted by atomic mass is 10.0. The molecule has 200 valence electrons. The number of imidazole rings is 1. The second kappa shape index (κ2) is 13.6. The lowest BCUT2D eigenvalue weighted by molar-refractivity contribution is -0.126. The van der Waals surface area contributed by atoms with Gasteiger partial charge < -0.3 is 24.9 Å². The second-order valence-corrected chi connectivity index (χ2v) is 8.69. The van der Waals surface area contributed by atoms with E-state index < -0.39 is 24.0 Å². The molecule has 0 saturated carbocycles. The van der Waals surface area contributed by atoms with Gasteiger partial charge in [-0.1, -0.05) is 66.7 Å². The van der Waals surface area contributed by atoms with Gasteiger partial charge in [-0.2, -0.15) is 0 Å². The highest BCUT2D eigenvalue weighted by atomic mass is 16.5. The number of H-pyrrole nitrogens is 1. The van der Waals surface area contributed by atoms with Gasteiger partial charge in [0, 0.05) is 18.5 Å². The predicted octanol–water partition coefficient (Wildman–Crippen LogP) is 3.74. The number of ether oxygens (including phenoxy) is 2. The number of aromatic nitrogens is 2. The molecule has 2 amide bonds. The van der Waals surface area contributed by atoms with E-state index in [0.29, 0.717) is 23.7 Å². The standard InChI is InChI=1S/C30H30N4O5/c1-38-26-19-22(12-14-25(26)39-20-23-10-6-3-7-11-23)13-15-27(35)33-24(18-21-8-4-2-5-9-21)28(36)29(37)34-30-31-16-17-32-30/h2-17,19,24,28,36H,18,20H2,1H3,(H,33,35)(H2,31,32,34,37)/b15-13+/t24-,28+/m0/s1. The summed E-state index contributed by atoms with van der Waals surface area (Å²) in [6, 6.07) is 23.5. The van der Waals surface area contributed by atoms with Gasteiger partial charge in [0.05, 0.1) is 13.2 Å². The largest absolute Gasteiger partial charge is 0.493 e. The van der Waals surface area contributed by atoms with Crippen molar-refractivity contribution in [3.63, 3.8) is 0 Å². The number of aliphatic hydroxyl groups is 1. The number of hydrogen-bond acceptors (Lipinski definition) is 6. The SMILES string of the molecule is COc1cc(/C=C/C(=O)N[C@@H](Cc2ccccc2)[C@@H](O)C(=O)Nc2ncc[nH]2)ccc1OCc1ccccc1. The molecular weight excluding hydrogens is 496 g/mol. The number of amides is 2. The van der Waals surface area contributed by atoms with Crippen LogP contribution in [0.5, 0.6) is 11.5 Å². The van der Waals surface area contributed by atoms with Crippen LogP contribution in [0.3, 0.4) is 0 Å². The molecule has 0 saturated heterocycles. The molecular formula is C30H30N4O5. The van der Waals surface area contributed by atoms with Crippen LogP contribution in [-0.4, -0.2) is 46.1 Å². The first-order valence-corrected chi connectivity index (χ1v) is 12.4. The van der Waals surface area contributed by atoms with Crippen molar-refractivity contribution in [1.82, 2.24) is 15.3 Å². The summed E-state index contributed by atoms with van der Waals surface area (Å²) in [6.45, 7) is 0.396. The summed E-state index contributed by atoms with van der Waals surface area (Å²) in [5, 5.41) is 16.0. The minimum absolute atomic E-state index is 0.203. The molecule has 0 radical (unpaired) electrons. The first-order chi connectivity index (χ1) is 19.0. The van der Waals surface area contributed by atoms with Gasteiger partial charge in [-0.3, -0.25) is 14.9 Å². The Morgan fingerprint density at radius 2 is 1.72 bits per heavy atom. The molecule has 1 heterocycles. The van der Waals surface area contributed by atoms with Crippen LogP contribution < -0.4 is 20.1 Å². The van der Waals surface area contributed by atoms with Crippen LogP contribution in [0, 0.1) is 0 Å². The van der Waals surface area contributed by atoms with Gasteiger partial charge in [-0.05, 0) is 41.3 Å². The molecule has 0 fully saturated rings. The Bertz CT molecular complexity index is 1380. The van der Waals surface area contributed by atoms with E-state index in [2.05, 4.69) is 20.6 Å². The lowest BCUT2D eigenvalue weighted by Gasteiger charge is -2.23. The molecule has 4 N–H and O–H groups in total. The monoisotopic (exact) mass is 526 g/mol. The van der Waals surface area contributed by atoms with Crippen LogP contribution in [0.15, 0.2) is 97.3 Å². The maximum absolute atomic E-state index is 12.8. The van der Waals surface area contributed by atoms with Crippen LogP contribution in [0.4, 0.5) is 5.95 Å². The fourth-order valence-electron chi connectivity index (χ4n) is 3.86. The minimum atomic E-state index is -1.52. The van der Waals surface area contributed by atoms with Gasteiger partial charge in [-0.15, -0.1) is 0 Å². The molecule has 0 spiro atoms. The maximum atomic E-state index is 12.8. The van der Waals surface area contributed by atoms with E-state index in [1.165, 1.54) is 12.3 Å². The van der Waals surface area contributed by atoms with Gasteiger partial charge in [0.15, 0.2) is 17.6 Å². The van der Waals surface area contributed by atoms with E-state index in [4.69, 9.17) is 9.47 Å². The number of carbonyl (C=O) groups is 2. The maximum Gasteiger partial charge on any atom is 0.257 e. The number of rotatable bonds is 12. The molecule has 3 aromatic carbocycles. The highest BCUT2D eigenvalue weighted by Crippen LogP contribution is 2.29. The van der Waals surface area contributed by atoms with Crippen LogP contribution in [0.25, 0.3) is 6.08 Å². The van der Waals surface area contributed by atoms with E-state index in [0.717, 1.165) is 11.1 Å². The van der Waals surface area contributed by atoms with Gasteiger partial charge in [0.1, 0.15) is 6.61 Å². The predicted molar refractivity (Wildman–Crippen MR) is 148 cm³/mol. The van der Waals surface area contributed by atoms with E-state index >= 15 is 0 Å². The molecule has 0 aliphatic heterocycles. The Balaban J connectivity index is 1.42. The zero-order valence-corrected chi connectivity index (χ0v) is 21.4. The molecule has 0 bridgehead atoms. The average Bonchev–Trinajstić information content (AvgIpc) is 3.48. The van der Waals surface area contributed by atoms with Crippen molar-refractivity contribution >= 4 is 23.8 Å². The second-order valence-electron chi connectivity index (χ2n) is 8.69. The third-order valence-corrected chi connectivity index (χ3v) is 5.87. The summed E-state index contributed by atoms with van der Waals surface area (Å²) in [5.74, 6) is 0.154. The number of aromatic amines is 1. The molecule has 0 aliphatic carbocycles. The fraction of sp³-hybridized carbons (Fsp3) is 0.167. The number of benzene rings is 3. The molecule has 0 aliphatic rings. The van der Waals surface area contributed by atoms with Crippen LogP contribution in [0.1, 0.15) is 16.7 Å². The molecule has 9 nitrogen and oxygen atoms in total. The molecule has 39 heavy (non-hydrogen) atoms. The van der Waals surface area contributed by atoms with Crippen molar-refractivity contribution in [1.29, 1.82) is 0 Å². The van der Waals surface area contributed by atoms with E-state index in [1.54, 1.807) is 37.6 Å². The summed E-state index contributed by atoms with van der Waals surface area (Å²) in [6.07, 6.45) is 4.71. The van der Waals surface area contributed by atoms with Crippen LogP contribution >= 0.6 is 0 Å². The number of aliphatic hydroxyl groups excluding tert-OH is 1. The van der Waals surface area contributed by atoms with Crippen molar-refractivity contribution < 1.29 is 24.2 Å². The van der Waals surface area contributed by atoms with Gasteiger partial charge in [-0.25, -0.2) is 4.98 Å².